The van der Waals surface area contributed by atoms with Crippen LogP contribution in [0.25, 0.3) is 0 Å². The summed E-state index contributed by atoms with van der Waals surface area (Å²) in [6.07, 6.45) is 3.16. The molecule has 2 N–H and O–H groups in total. The summed E-state index contributed by atoms with van der Waals surface area (Å²) in [6, 6.07) is 1.39. The quantitative estimate of drug-likeness (QED) is 0.677. The molecule has 7 heteroatoms. The molecule has 0 bridgehead atoms. The number of halogens is 1. The first-order chi connectivity index (χ1) is 8.10. The van der Waals surface area contributed by atoms with Gasteiger partial charge >= 0.3 is 5.69 Å². The van der Waals surface area contributed by atoms with Gasteiger partial charge in [0.2, 0.25) is 0 Å². The lowest BCUT2D eigenvalue weighted by Crippen LogP contribution is -2.38. The van der Waals surface area contributed by atoms with Crippen LogP contribution in [-0.2, 0) is 0 Å². The molecule has 0 unspecified atom stereocenters. The predicted molar refractivity (Wildman–Crippen MR) is 64.8 cm³/mol. The van der Waals surface area contributed by atoms with E-state index in [-0.39, 0.29) is 17.7 Å². The Bertz CT molecular complexity index is 435. The van der Waals surface area contributed by atoms with Crippen molar-refractivity contribution in [3.8, 4) is 5.88 Å². The number of pyridine rings is 1. The van der Waals surface area contributed by atoms with E-state index in [2.05, 4.69) is 20.9 Å². The summed E-state index contributed by atoms with van der Waals surface area (Å²) >= 11 is 3.14. The van der Waals surface area contributed by atoms with E-state index in [9.17, 15) is 10.1 Å². The smallest absolute Gasteiger partial charge is 0.332 e. The van der Waals surface area contributed by atoms with Gasteiger partial charge in [0, 0.05) is 16.7 Å². The normalized spacial score (nSPS) is 22.9. The van der Waals surface area contributed by atoms with Crippen molar-refractivity contribution in [1.82, 2.24) is 4.98 Å². The third-order valence-electron chi connectivity index (χ3n) is 2.80. The molecule has 1 saturated carbocycles. The number of hydrogen-bond donors (Lipinski definition) is 1. The van der Waals surface area contributed by atoms with Gasteiger partial charge < -0.3 is 10.5 Å². The molecule has 1 aromatic heterocycles. The Morgan fingerprint density at radius 3 is 2.94 bits per heavy atom. The SMILES string of the molecule is NCC1CC(Oc2ncc(Br)cc2[N+](=O)[O-])C1. The molecule has 0 aliphatic heterocycles. The van der Waals surface area contributed by atoms with E-state index in [0.29, 0.717) is 16.9 Å². The highest BCUT2D eigenvalue weighted by molar-refractivity contribution is 9.10. The molecule has 1 heterocycles. The molecular weight excluding hydrogens is 290 g/mol. The van der Waals surface area contributed by atoms with Gasteiger partial charge in [0.25, 0.3) is 5.88 Å². The van der Waals surface area contributed by atoms with Crippen molar-refractivity contribution >= 4 is 21.6 Å². The summed E-state index contributed by atoms with van der Waals surface area (Å²) in [5.41, 5.74) is 5.39. The van der Waals surface area contributed by atoms with Crippen LogP contribution < -0.4 is 10.5 Å². The number of aromatic nitrogens is 1. The summed E-state index contributed by atoms with van der Waals surface area (Å²) in [5, 5.41) is 10.8. The number of rotatable bonds is 4. The number of nitrogens with two attached hydrogens (primary N) is 1. The molecule has 0 spiro atoms. The Morgan fingerprint density at radius 1 is 1.65 bits per heavy atom. The molecule has 17 heavy (non-hydrogen) atoms. The molecule has 1 aliphatic rings. The topological polar surface area (TPSA) is 91.3 Å². The number of hydrogen-bond acceptors (Lipinski definition) is 5. The highest BCUT2D eigenvalue weighted by atomic mass is 79.9. The van der Waals surface area contributed by atoms with Crippen molar-refractivity contribution in [2.45, 2.75) is 18.9 Å². The van der Waals surface area contributed by atoms with Crippen LogP contribution in [-0.4, -0.2) is 22.6 Å². The molecule has 0 amide bonds. The van der Waals surface area contributed by atoms with Gasteiger partial charge in [-0.3, -0.25) is 10.1 Å². The standard InChI is InChI=1S/C10H12BrN3O3/c11-7-3-9(14(15)16)10(13-5-7)17-8-1-6(2-8)4-12/h3,5-6,8H,1-2,4,12H2. The second kappa shape index (κ2) is 4.97. The molecule has 1 aromatic rings. The molecule has 0 atom stereocenters. The van der Waals surface area contributed by atoms with E-state index in [1.54, 1.807) is 0 Å². The fraction of sp³-hybridized carbons (Fsp3) is 0.500. The first kappa shape index (κ1) is 12.3. The lowest BCUT2D eigenvalue weighted by molar-refractivity contribution is -0.386. The Balaban J connectivity index is 2.08. The summed E-state index contributed by atoms with van der Waals surface area (Å²) in [6.45, 7) is 0.635. The second-order valence-electron chi connectivity index (χ2n) is 4.05. The van der Waals surface area contributed by atoms with Crippen LogP contribution in [0.15, 0.2) is 16.7 Å². The molecule has 0 radical (unpaired) electrons. The van der Waals surface area contributed by atoms with Crippen LogP contribution in [0.1, 0.15) is 12.8 Å². The van der Waals surface area contributed by atoms with Crippen molar-refractivity contribution in [2.24, 2.45) is 11.7 Å². The van der Waals surface area contributed by atoms with E-state index < -0.39 is 4.92 Å². The maximum absolute atomic E-state index is 10.8. The largest absolute Gasteiger partial charge is 0.469 e. The van der Waals surface area contributed by atoms with Crippen LogP contribution >= 0.6 is 15.9 Å². The van der Waals surface area contributed by atoms with Gasteiger partial charge in [-0.05, 0) is 41.2 Å². The summed E-state index contributed by atoms with van der Waals surface area (Å²) in [5.74, 6) is 0.549. The van der Waals surface area contributed by atoms with Crippen LogP contribution in [0.4, 0.5) is 5.69 Å². The van der Waals surface area contributed by atoms with Gasteiger partial charge in [-0.15, -0.1) is 0 Å². The predicted octanol–water partition coefficient (Wildman–Crippen LogP) is 1.87. The monoisotopic (exact) mass is 301 g/mol. The minimum absolute atomic E-state index is 0.00377. The average molecular weight is 302 g/mol. The minimum Gasteiger partial charge on any atom is -0.469 e. The number of ether oxygens (including phenoxy) is 1. The first-order valence-electron chi connectivity index (χ1n) is 5.26. The number of nitrogens with zero attached hydrogens (tertiary/aromatic N) is 2. The zero-order valence-corrected chi connectivity index (χ0v) is 10.6. The summed E-state index contributed by atoms with van der Waals surface area (Å²) in [4.78, 5) is 14.3. The lowest BCUT2D eigenvalue weighted by Gasteiger charge is -2.33. The van der Waals surface area contributed by atoms with Gasteiger partial charge in [-0.25, -0.2) is 4.98 Å². The van der Waals surface area contributed by atoms with Gasteiger partial charge in [0.05, 0.1) is 4.92 Å². The molecule has 0 aromatic carbocycles. The average Bonchev–Trinajstić information content (AvgIpc) is 2.24. The van der Waals surface area contributed by atoms with Crippen molar-refractivity contribution < 1.29 is 9.66 Å². The maximum atomic E-state index is 10.8. The molecule has 2 rings (SSSR count). The van der Waals surface area contributed by atoms with Crippen molar-refractivity contribution in [3.05, 3.63) is 26.9 Å². The molecular formula is C10H12BrN3O3. The van der Waals surface area contributed by atoms with Crippen LogP contribution in [0, 0.1) is 16.0 Å². The first-order valence-corrected chi connectivity index (χ1v) is 6.06. The Hall–Kier alpha value is -1.21. The maximum Gasteiger partial charge on any atom is 0.332 e. The van der Waals surface area contributed by atoms with Gasteiger partial charge in [-0.2, -0.15) is 0 Å². The zero-order valence-electron chi connectivity index (χ0n) is 9.01. The molecule has 6 nitrogen and oxygen atoms in total. The van der Waals surface area contributed by atoms with Crippen molar-refractivity contribution in [1.29, 1.82) is 0 Å². The van der Waals surface area contributed by atoms with Crippen LogP contribution in [0.5, 0.6) is 5.88 Å². The fourth-order valence-corrected chi connectivity index (χ4v) is 2.08. The van der Waals surface area contributed by atoms with E-state index in [1.807, 2.05) is 0 Å². The summed E-state index contributed by atoms with van der Waals surface area (Å²) < 4.78 is 6.06. The van der Waals surface area contributed by atoms with E-state index in [0.717, 1.165) is 12.8 Å². The van der Waals surface area contributed by atoms with Crippen LogP contribution in [0.3, 0.4) is 0 Å². The van der Waals surface area contributed by atoms with Crippen molar-refractivity contribution in [2.75, 3.05) is 6.54 Å². The van der Waals surface area contributed by atoms with Crippen LogP contribution in [0.2, 0.25) is 0 Å². The third kappa shape index (κ3) is 2.73. The number of nitro groups is 1. The Labute approximate surface area is 106 Å². The van der Waals surface area contributed by atoms with Crippen molar-refractivity contribution in [3.63, 3.8) is 0 Å². The Morgan fingerprint density at radius 2 is 2.35 bits per heavy atom. The highest BCUT2D eigenvalue weighted by Gasteiger charge is 2.32. The third-order valence-corrected chi connectivity index (χ3v) is 3.23. The molecule has 0 saturated heterocycles. The van der Waals surface area contributed by atoms with Gasteiger partial charge in [0.1, 0.15) is 6.10 Å². The second-order valence-corrected chi connectivity index (χ2v) is 4.96. The lowest BCUT2D eigenvalue weighted by atomic mass is 9.82. The fourth-order valence-electron chi connectivity index (χ4n) is 1.76. The van der Waals surface area contributed by atoms with Gasteiger partial charge in [0.15, 0.2) is 0 Å². The Kier molecular flexibility index (Phi) is 3.58. The van der Waals surface area contributed by atoms with Gasteiger partial charge in [-0.1, -0.05) is 0 Å². The van der Waals surface area contributed by atoms with E-state index in [4.69, 9.17) is 10.5 Å². The molecule has 92 valence electrons. The zero-order chi connectivity index (χ0) is 12.4. The molecule has 1 fully saturated rings. The minimum atomic E-state index is -0.494. The van der Waals surface area contributed by atoms with E-state index in [1.165, 1.54) is 12.3 Å². The van der Waals surface area contributed by atoms with E-state index >= 15 is 0 Å². The molecule has 1 aliphatic carbocycles. The highest BCUT2D eigenvalue weighted by Crippen LogP contribution is 2.34. The summed E-state index contributed by atoms with van der Waals surface area (Å²) in [7, 11) is 0.